The molecule has 0 atom stereocenters. The van der Waals surface area contributed by atoms with Gasteiger partial charge in [0.15, 0.2) is 0 Å². The Bertz CT molecular complexity index is 1560. The van der Waals surface area contributed by atoms with Crippen LogP contribution in [0, 0.1) is 0 Å². The van der Waals surface area contributed by atoms with E-state index in [2.05, 4.69) is 26.0 Å². The first-order chi connectivity index (χ1) is 17.4. The van der Waals surface area contributed by atoms with Crippen molar-refractivity contribution in [3.8, 4) is 0 Å². The molecule has 1 fully saturated rings. The van der Waals surface area contributed by atoms with E-state index >= 15 is 0 Å². The summed E-state index contributed by atoms with van der Waals surface area (Å²) in [6.45, 7) is 0.296. The first-order valence-corrected chi connectivity index (χ1v) is 11.6. The van der Waals surface area contributed by atoms with Gasteiger partial charge in [-0.3, -0.25) is 14.9 Å². The molecule has 0 bridgehead atoms. The molecule has 0 saturated carbocycles. The SMILES string of the molecule is COC(=O)c1ccc(Cn2cc(/C=C3\C(=O)NC(=O)N(c4ccc(Br)cc4)C3=O)c3ccccc32)o1. The Hall–Kier alpha value is -4.44. The summed E-state index contributed by atoms with van der Waals surface area (Å²) in [6.07, 6.45) is 3.25. The van der Waals surface area contributed by atoms with Crippen LogP contribution < -0.4 is 10.2 Å². The summed E-state index contributed by atoms with van der Waals surface area (Å²) in [4.78, 5) is 51.0. The lowest BCUT2D eigenvalue weighted by molar-refractivity contribution is -0.122. The minimum Gasteiger partial charge on any atom is -0.463 e. The highest BCUT2D eigenvalue weighted by molar-refractivity contribution is 9.10. The topological polar surface area (TPSA) is 111 Å². The number of anilines is 1. The summed E-state index contributed by atoms with van der Waals surface area (Å²) in [5, 5.41) is 3.03. The second-order valence-corrected chi connectivity index (χ2v) is 8.84. The zero-order chi connectivity index (χ0) is 25.4. The summed E-state index contributed by atoms with van der Waals surface area (Å²) in [5.41, 5.74) is 1.59. The molecule has 1 N–H and O–H groups in total. The minimum atomic E-state index is -0.814. The third-order valence-corrected chi connectivity index (χ3v) is 6.21. The largest absolute Gasteiger partial charge is 0.463 e. The maximum atomic E-state index is 13.3. The number of amides is 4. The summed E-state index contributed by atoms with van der Waals surface area (Å²) in [5.74, 6) is -1.46. The molecule has 1 aliphatic heterocycles. The van der Waals surface area contributed by atoms with Gasteiger partial charge in [0, 0.05) is 27.1 Å². The fourth-order valence-electron chi connectivity index (χ4n) is 4.00. The van der Waals surface area contributed by atoms with Crippen molar-refractivity contribution >= 4 is 62.4 Å². The molecule has 0 spiro atoms. The molecule has 4 aromatic rings. The van der Waals surface area contributed by atoms with Crippen LogP contribution in [0.15, 0.2) is 81.3 Å². The van der Waals surface area contributed by atoms with Crippen molar-refractivity contribution < 1.29 is 28.3 Å². The van der Waals surface area contributed by atoms with Crippen molar-refractivity contribution in [2.75, 3.05) is 12.0 Å². The summed E-state index contributed by atoms with van der Waals surface area (Å²) < 4.78 is 12.9. The molecular formula is C26H18BrN3O6. The van der Waals surface area contributed by atoms with Gasteiger partial charge in [-0.2, -0.15) is 0 Å². The predicted molar refractivity (Wildman–Crippen MR) is 134 cm³/mol. The van der Waals surface area contributed by atoms with Gasteiger partial charge in [-0.25, -0.2) is 14.5 Å². The first kappa shape index (κ1) is 23.3. The molecule has 2 aromatic heterocycles. The van der Waals surface area contributed by atoms with E-state index in [1.165, 1.54) is 19.3 Å². The number of esters is 1. The second kappa shape index (κ2) is 9.31. The lowest BCUT2D eigenvalue weighted by atomic mass is 10.1. The number of benzene rings is 2. The number of urea groups is 1. The average molecular weight is 548 g/mol. The van der Waals surface area contributed by atoms with Crippen LogP contribution in [0.25, 0.3) is 17.0 Å². The van der Waals surface area contributed by atoms with Crippen LogP contribution in [0.3, 0.4) is 0 Å². The monoisotopic (exact) mass is 547 g/mol. The second-order valence-electron chi connectivity index (χ2n) is 7.92. The highest BCUT2D eigenvalue weighted by atomic mass is 79.9. The van der Waals surface area contributed by atoms with Gasteiger partial charge in [-0.05, 0) is 48.5 Å². The highest BCUT2D eigenvalue weighted by Crippen LogP contribution is 2.28. The number of carbonyl (C=O) groups excluding carboxylic acids is 4. The van der Waals surface area contributed by atoms with Crippen LogP contribution in [0.5, 0.6) is 0 Å². The Morgan fingerprint density at radius 2 is 1.81 bits per heavy atom. The third-order valence-electron chi connectivity index (χ3n) is 5.68. The van der Waals surface area contributed by atoms with Gasteiger partial charge in [0.1, 0.15) is 11.3 Å². The predicted octanol–water partition coefficient (Wildman–Crippen LogP) is 4.50. The number of nitrogens with one attached hydrogen (secondary N) is 1. The molecule has 36 heavy (non-hydrogen) atoms. The molecule has 0 radical (unpaired) electrons. The number of furan rings is 1. The highest BCUT2D eigenvalue weighted by Gasteiger charge is 2.37. The fraction of sp³-hybridized carbons (Fsp3) is 0.0769. The summed E-state index contributed by atoms with van der Waals surface area (Å²) in [6, 6.07) is 16.5. The number of para-hydroxylation sites is 1. The maximum absolute atomic E-state index is 13.3. The van der Waals surface area contributed by atoms with Gasteiger partial charge in [0.25, 0.3) is 11.8 Å². The molecule has 180 valence electrons. The number of rotatable bonds is 5. The van der Waals surface area contributed by atoms with E-state index in [4.69, 9.17) is 4.42 Å². The number of fused-ring (bicyclic) bond motifs is 1. The molecule has 2 aromatic carbocycles. The van der Waals surface area contributed by atoms with Gasteiger partial charge in [0.2, 0.25) is 5.76 Å². The molecular weight excluding hydrogens is 530 g/mol. The van der Waals surface area contributed by atoms with Crippen molar-refractivity contribution in [2.45, 2.75) is 6.54 Å². The number of nitrogens with zero attached hydrogens (tertiary/aromatic N) is 2. The van der Waals surface area contributed by atoms with E-state index in [1.807, 2.05) is 28.8 Å². The molecule has 5 rings (SSSR count). The lowest BCUT2D eigenvalue weighted by Crippen LogP contribution is -2.54. The molecule has 1 aliphatic rings. The number of imide groups is 2. The Labute approximate surface area is 213 Å². The number of ether oxygens (including phenoxy) is 1. The van der Waals surface area contributed by atoms with E-state index in [0.717, 1.165) is 20.3 Å². The normalized spacial score (nSPS) is 15.0. The van der Waals surface area contributed by atoms with E-state index < -0.39 is 23.8 Å². The van der Waals surface area contributed by atoms with E-state index in [1.54, 1.807) is 36.5 Å². The van der Waals surface area contributed by atoms with Crippen molar-refractivity contribution in [3.63, 3.8) is 0 Å². The maximum Gasteiger partial charge on any atom is 0.373 e. The van der Waals surface area contributed by atoms with Crippen LogP contribution in [0.1, 0.15) is 21.9 Å². The van der Waals surface area contributed by atoms with Crippen LogP contribution in [0.2, 0.25) is 0 Å². The van der Waals surface area contributed by atoms with E-state index in [9.17, 15) is 19.2 Å². The molecule has 0 unspecified atom stereocenters. The van der Waals surface area contributed by atoms with E-state index in [0.29, 0.717) is 23.6 Å². The zero-order valence-electron chi connectivity index (χ0n) is 18.9. The summed E-state index contributed by atoms with van der Waals surface area (Å²) in [7, 11) is 1.28. The third kappa shape index (κ3) is 4.22. The van der Waals surface area contributed by atoms with Gasteiger partial charge >= 0.3 is 12.0 Å². The van der Waals surface area contributed by atoms with Gasteiger partial charge in [-0.15, -0.1) is 0 Å². The minimum absolute atomic E-state index is 0.0912. The summed E-state index contributed by atoms with van der Waals surface area (Å²) >= 11 is 3.32. The van der Waals surface area contributed by atoms with E-state index in [-0.39, 0.29) is 11.3 Å². The van der Waals surface area contributed by atoms with Crippen LogP contribution in [-0.4, -0.2) is 35.5 Å². The standard InChI is InChI=1S/C26H18BrN3O6/c1-35-25(33)22-11-10-18(36-22)14-29-13-15(19-4-2-3-5-21(19)29)12-20-23(31)28-26(34)30(24(20)32)17-8-6-16(27)7-9-17/h2-13H,14H2,1H3,(H,28,31,34)/b20-12+. The number of carbonyl (C=O) groups is 4. The Morgan fingerprint density at radius 3 is 2.56 bits per heavy atom. The smallest absolute Gasteiger partial charge is 0.373 e. The molecule has 1 saturated heterocycles. The van der Waals surface area contributed by atoms with Crippen LogP contribution >= 0.6 is 15.9 Å². The quantitative estimate of drug-likeness (QED) is 0.224. The van der Waals surface area contributed by atoms with Gasteiger partial charge in [-0.1, -0.05) is 34.1 Å². The molecule has 9 nitrogen and oxygen atoms in total. The number of methoxy groups -OCH3 is 1. The van der Waals surface area contributed by atoms with Crippen molar-refractivity contribution in [1.82, 2.24) is 9.88 Å². The lowest BCUT2D eigenvalue weighted by Gasteiger charge is -2.26. The van der Waals surface area contributed by atoms with Crippen LogP contribution in [0.4, 0.5) is 10.5 Å². The number of hydrogen-bond acceptors (Lipinski definition) is 6. The Morgan fingerprint density at radius 1 is 1.06 bits per heavy atom. The van der Waals surface area contributed by atoms with Gasteiger partial charge in [0.05, 0.1) is 19.3 Å². The Kier molecular flexibility index (Phi) is 6.03. The zero-order valence-corrected chi connectivity index (χ0v) is 20.4. The number of hydrogen-bond donors (Lipinski definition) is 1. The molecule has 10 heteroatoms. The first-order valence-electron chi connectivity index (χ1n) is 10.8. The Balaban J connectivity index is 1.53. The average Bonchev–Trinajstić information content (AvgIpc) is 3.47. The molecule has 4 amide bonds. The van der Waals surface area contributed by atoms with Gasteiger partial charge < -0.3 is 13.7 Å². The van der Waals surface area contributed by atoms with Crippen LogP contribution in [-0.2, 0) is 20.9 Å². The van der Waals surface area contributed by atoms with Crippen molar-refractivity contribution in [3.05, 3.63) is 94.0 Å². The molecule has 0 aliphatic carbocycles. The number of aromatic nitrogens is 1. The van der Waals surface area contributed by atoms with Crippen molar-refractivity contribution in [2.24, 2.45) is 0 Å². The molecule has 3 heterocycles. The number of halogens is 1. The van der Waals surface area contributed by atoms with Crippen molar-refractivity contribution in [1.29, 1.82) is 0 Å². The fourth-order valence-corrected chi connectivity index (χ4v) is 4.26. The number of barbiturate groups is 1.